The van der Waals surface area contributed by atoms with E-state index < -0.39 is 0 Å². The summed E-state index contributed by atoms with van der Waals surface area (Å²) in [5.74, 6) is 0.0581. The number of fused-ring (bicyclic) bond motifs is 1. The first-order chi connectivity index (χ1) is 15.0. The third-order valence-electron chi connectivity index (χ3n) is 5.43. The van der Waals surface area contributed by atoms with Crippen LogP contribution in [0.1, 0.15) is 27.0 Å². The van der Waals surface area contributed by atoms with Gasteiger partial charge in [-0.2, -0.15) is 0 Å². The van der Waals surface area contributed by atoms with Crippen LogP contribution in [0, 0.1) is 12.8 Å². The summed E-state index contributed by atoms with van der Waals surface area (Å²) in [6.45, 7) is 2.79. The molecule has 0 fully saturated rings. The van der Waals surface area contributed by atoms with E-state index in [9.17, 15) is 9.59 Å². The number of carbonyl (C=O) groups excluding carboxylic acids is 2. The summed E-state index contributed by atoms with van der Waals surface area (Å²) in [6.07, 6.45) is 0.555. The van der Waals surface area contributed by atoms with E-state index in [1.807, 2.05) is 43.3 Å². The van der Waals surface area contributed by atoms with E-state index in [-0.39, 0.29) is 24.3 Å². The Morgan fingerprint density at radius 3 is 2.58 bits per heavy atom. The SMILES string of the molecule is Cc1ccccc1CNC(=O)C1COc2c(cccc2NC(=O)c2ccc(Cl)cc2)C1. The maximum atomic E-state index is 12.7. The molecule has 5 nitrogen and oxygen atoms in total. The number of ether oxygens (including phenoxy) is 1. The van der Waals surface area contributed by atoms with Gasteiger partial charge in [0.15, 0.2) is 0 Å². The van der Waals surface area contributed by atoms with Gasteiger partial charge < -0.3 is 15.4 Å². The molecule has 1 aliphatic heterocycles. The lowest BCUT2D eigenvalue weighted by Gasteiger charge is -2.26. The standard InChI is InChI=1S/C25H23ClN2O3/c1-16-5-2-3-6-19(16)14-27-24(29)20-13-18-7-4-8-22(23(18)31-15-20)28-25(30)17-9-11-21(26)12-10-17/h2-12,20H,13-15H2,1H3,(H,27,29)(H,28,30). The third-order valence-corrected chi connectivity index (χ3v) is 5.68. The zero-order valence-corrected chi connectivity index (χ0v) is 17.9. The fraction of sp³-hybridized carbons (Fsp3) is 0.200. The van der Waals surface area contributed by atoms with Crippen molar-refractivity contribution < 1.29 is 14.3 Å². The Balaban J connectivity index is 1.41. The summed E-state index contributed by atoms with van der Waals surface area (Å²) in [5.41, 5.74) is 4.24. The third kappa shape index (κ3) is 4.89. The molecule has 0 saturated carbocycles. The Morgan fingerprint density at radius 2 is 1.81 bits per heavy atom. The van der Waals surface area contributed by atoms with Gasteiger partial charge in [0.2, 0.25) is 5.91 Å². The molecule has 2 amide bonds. The van der Waals surface area contributed by atoms with Gasteiger partial charge in [-0.3, -0.25) is 9.59 Å². The summed E-state index contributed by atoms with van der Waals surface area (Å²) in [5, 5.41) is 6.48. The van der Waals surface area contributed by atoms with Crippen LogP contribution in [-0.2, 0) is 17.8 Å². The lowest BCUT2D eigenvalue weighted by molar-refractivity contribution is -0.126. The monoisotopic (exact) mass is 434 g/mol. The zero-order chi connectivity index (χ0) is 21.8. The van der Waals surface area contributed by atoms with Crippen molar-refractivity contribution in [2.45, 2.75) is 19.9 Å². The van der Waals surface area contributed by atoms with Crippen molar-refractivity contribution in [3.05, 3.63) is 94.0 Å². The topological polar surface area (TPSA) is 67.4 Å². The van der Waals surface area contributed by atoms with E-state index in [4.69, 9.17) is 16.3 Å². The van der Waals surface area contributed by atoms with E-state index in [0.717, 1.165) is 16.7 Å². The number of hydrogen-bond donors (Lipinski definition) is 2. The molecule has 1 aliphatic rings. The summed E-state index contributed by atoms with van der Waals surface area (Å²) >= 11 is 5.89. The molecular formula is C25H23ClN2O3. The van der Waals surface area contributed by atoms with Gasteiger partial charge in [0, 0.05) is 17.1 Å². The number of anilines is 1. The number of rotatable bonds is 5. The van der Waals surface area contributed by atoms with Crippen molar-refractivity contribution in [1.29, 1.82) is 0 Å². The Kier molecular flexibility index (Phi) is 6.23. The van der Waals surface area contributed by atoms with E-state index >= 15 is 0 Å². The highest BCUT2D eigenvalue weighted by molar-refractivity contribution is 6.30. The van der Waals surface area contributed by atoms with Crippen LogP contribution in [0.25, 0.3) is 0 Å². The van der Waals surface area contributed by atoms with E-state index in [1.165, 1.54) is 0 Å². The summed E-state index contributed by atoms with van der Waals surface area (Å²) < 4.78 is 5.92. The number of halogens is 1. The zero-order valence-electron chi connectivity index (χ0n) is 17.2. The first-order valence-electron chi connectivity index (χ1n) is 10.1. The lowest BCUT2D eigenvalue weighted by atomic mass is 9.95. The highest BCUT2D eigenvalue weighted by Crippen LogP contribution is 2.35. The average molecular weight is 435 g/mol. The first kappa shape index (κ1) is 20.9. The second-order valence-electron chi connectivity index (χ2n) is 7.61. The maximum Gasteiger partial charge on any atom is 0.255 e. The normalized spacial score (nSPS) is 14.8. The molecule has 3 aromatic rings. The molecule has 6 heteroatoms. The molecule has 2 N–H and O–H groups in total. The fourth-order valence-electron chi connectivity index (χ4n) is 3.62. The largest absolute Gasteiger partial charge is 0.490 e. The predicted molar refractivity (Wildman–Crippen MR) is 122 cm³/mol. The molecule has 0 saturated heterocycles. The van der Waals surface area contributed by atoms with Gasteiger partial charge in [-0.1, -0.05) is 48.0 Å². The van der Waals surface area contributed by atoms with E-state index in [1.54, 1.807) is 30.3 Å². The van der Waals surface area contributed by atoms with Gasteiger partial charge in [-0.25, -0.2) is 0 Å². The number of hydrogen-bond acceptors (Lipinski definition) is 3. The second-order valence-corrected chi connectivity index (χ2v) is 8.05. The van der Waals surface area contributed by atoms with Crippen molar-refractivity contribution in [2.75, 3.05) is 11.9 Å². The molecule has 158 valence electrons. The highest BCUT2D eigenvalue weighted by Gasteiger charge is 2.28. The van der Waals surface area contributed by atoms with Crippen LogP contribution < -0.4 is 15.4 Å². The van der Waals surface area contributed by atoms with Crippen molar-refractivity contribution in [3.8, 4) is 5.75 Å². The van der Waals surface area contributed by atoms with Gasteiger partial charge in [-0.15, -0.1) is 0 Å². The van der Waals surface area contributed by atoms with Gasteiger partial charge >= 0.3 is 0 Å². The average Bonchev–Trinajstić information content (AvgIpc) is 2.78. The predicted octanol–water partition coefficient (Wildman–Crippen LogP) is 4.77. The van der Waals surface area contributed by atoms with Crippen LogP contribution in [0.2, 0.25) is 5.02 Å². The number of carbonyl (C=O) groups is 2. The van der Waals surface area contributed by atoms with Crippen LogP contribution in [0.15, 0.2) is 66.7 Å². The molecule has 3 aromatic carbocycles. The minimum absolute atomic E-state index is 0.0375. The van der Waals surface area contributed by atoms with Crippen LogP contribution in [0.3, 0.4) is 0 Å². The number of benzene rings is 3. The number of nitrogens with one attached hydrogen (secondary N) is 2. The van der Waals surface area contributed by atoms with Crippen molar-refractivity contribution in [3.63, 3.8) is 0 Å². The summed E-state index contributed by atoms with van der Waals surface area (Å²) in [4.78, 5) is 25.3. The van der Waals surface area contributed by atoms with Crippen molar-refractivity contribution in [1.82, 2.24) is 5.32 Å². The Morgan fingerprint density at radius 1 is 1.03 bits per heavy atom. The molecular weight excluding hydrogens is 412 g/mol. The lowest BCUT2D eigenvalue weighted by Crippen LogP contribution is -2.37. The maximum absolute atomic E-state index is 12.7. The van der Waals surface area contributed by atoms with Crippen LogP contribution in [0.4, 0.5) is 5.69 Å². The molecule has 1 heterocycles. The molecule has 1 unspecified atom stereocenters. The smallest absolute Gasteiger partial charge is 0.255 e. The van der Waals surface area contributed by atoms with Crippen LogP contribution >= 0.6 is 11.6 Å². The number of para-hydroxylation sites is 1. The molecule has 0 bridgehead atoms. The Hall–Kier alpha value is -3.31. The molecule has 4 rings (SSSR count). The minimum atomic E-state index is -0.279. The molecule has 0 aromatic heterocycles. The van der Waals surface area contributed by atoms with E-state index in [2.05, 4.69) is 10.6 Å². The van der Waals surface area contributed by atoms with Gasteiger partial charge in [0.05, 0.1) is 11.6 Å². The molecule has 0 aliphatic carbocycles. The Labute approximate surface area is 186 Å². The first-order valence-corrected chi connectivity index (χ1v) is 10.5. The van der Waals surface area contributed by atoms with Crippen LogP contribution in [0.5, 0.6) is 5.75 Å². The quantitative estimate of drug-likeness (QED) is 0.608. The molecule has 1 atom stereocenters. The molecule has 0 radical (unpaired) electrons. The highest BCUT2D eigenvalue weighted by atomic mass is 35.5. The minimum Gasteiger partial charge on any atom is -0.490 e. The van der Waals surface area contributed by atoms with Gasteiger partial charge in [-0.05, 0) is 60.4 Å². The van der Waals surface area contributed by atoms with Gasteiger partial charge in [0.1, 0.15) is 12.4 Å². The van der Waals surface area contributed by atoms with Gasteiger partial charge in [0.25, 0.3) is 5.91 Å². The Bertz CT molecular complexity index is 1110. The molecule has 0 spiro atoms. The molecule has 31 heavy (non-hydrogen) atoms. The number of aryl methyl sites for hydroxylation is 1. The number of amides is 2. The summed E-state index contributed by atoms with van der Waals surface area (Å²) in [6, 6.07) is 20.3. The second kappa shape index (κ2) is 9.23. The summed E-state index contributed by atoms with van der Waals surface area (Å²) in [7, 11) is 0. The fourth-order valence-corrected chi connectivity index (χ4v) is 3.75. The van der Waals surface area contributed by atoms with Crippen molar-refractivity contribution >= 4 is 29.1 Å². The van der Waals surface area contributed by atoms with E-state index in [0.29, 0.717) is 35.0 Å². The van der Waals surface area contributed by atoms with Crippen molar-refractivity contribution in [2.24, 2.45) is 5.92 Å². The van der Waals surface area contributed by atoms with Crippen LogP contribution in [-0.4, -0.2) is 18.4 Å².